The summed E-state index contributed by atoms with van der Waals surface area (Å²) in [5.74, 6) is 0.977. The summed E-state index contributed by atoms with van der Waals surface area (Å²) in [5.41, 5.74) is 9.97. The average Bonchev–Trinajstić information content (AvgIpc) is 2.86. The maximum absolute atomic E-state index is 5.71. The van der Waals surface area contributed by atoms with Gasteiger partial charge in [-0.1, -0.05) is 24.3 Å². The van der Waals surface area contributed by atoms with Gasteiger partial charge in [-0.2, -0.15) is 0 Å². The molecule has 0 saturated carbocycles. The number of aryl methyl sites for hydroxylation is 1. The first-order chi connectivity index (χ1) is 9.85. The summed E-state index contributed by atoms with van der Waals surface area (Å²) in [7, 11) is 0. The highest BCUT2D eigenvalue weighted by atomic mass is 15.1. The molecule has 2 heterocycles. The third-order valence-corrected chi connectivity index (χ3v) is 3.49. The van der Waals surface area contributed by atoms with E-state index in [1.165, 1.54) is 5.56 Å². The highest BCUT2D eigenvalue weighted by Gasteiger charge is 2.14. The molecule has 0 aliphatic carbocycles. The van der Waals surface area contributed by atoms with Crippen molar-refractivity contribution in [2.75, 3.05) is 6.54 Å². The molecule has 0 aliphatic heterocycles. The Labute approximate surface area is 118 Å². The minimum absolute atomic E-state index is 0.640. The van der Waals surface area contributed by atoms with E-state index < -0.39 is 0 Å². The Morgan fingerprint density at radius 2 is 2.00 bits per heavy atom. The number of benzene rings is 1. The van der Waals surface area contributed by atoms with Crippen molar-refractivity contribution in [3.63, 3.8) is 0 Å². The second-order valence-electron chi connectivity index (χ2n) is 4.72. The predicted octanol–water partition coefficient (Wildman–Crippen LogP) is 2.62. The second kappa shape index (κ2) is 5.43. The molecule has 0 spiro atoms. The van der Waals surface area contributed by atoms with Crippen LogP contribution in [0, 0.1) is 0 Å². The molecule has 4 heteroatoms. The Kier molecular flexibility index (Phi) is 3.48. The Balaban J connectivity index is 2.24. The fraction of sp³-hybridized carbons (Fsp3) is 0.250. The van der Waals surface area contributed by atoms with Gasteiger partial charge in [0, 0.05) is 18.3 Å². The first-order valence-corrected chi connectivity index (χ1v) is 6.94. The summed E-state index contributed by atoms with van der Waals surface area (Å²) in [6.07, 6.45) is 2.67. The van der Waals surface area contributed by atoms with Crippen molar-refractivity contribution in [2.24, 2.45) is 5.73 Å². The summed E-state index contributed by atoms with van der Waals surface area (Å²) in [6, 6.07) is 12.2. The molecule has 102 valence electrons. The summed E-state index contributed by atoms with van der Waals surface area (Å²) >= 11 is 0. The monoisotopic (exact) mass is 266 g/mol. The molecule has 0 atom stereocenters. The summed E-state index contributed by atoms with van der Waals surface area (Å²) in [5, 5.41) is 0. The van der Waals surface area contributed by atoms with Gasteiger partial charge in [-0.15, -0.1) is 0 Å². The van der Waals surface area contributed by atoms with Crippen molar-refractivity contribution < 1.29 is 0 Å². The van der Waals surface area contributed by atoms with Crippen molar-refractivity contribution in [2.45, 2.75) is 19.9 Å². The van der Waals surface area contributed by atoms with Crippen molar-refractivity contribution >= 4 is 11.2 Å². The minimum atomic E-state index is 0.640. The molecule has 0 saturated heterocycles. The number of fused-ring (bicyclic) bond motifs is 1. The molecule has 0 aliphatic rings. The first kappa shape index (κ1) is 12.8. The lowest BCUT2D eigenvalue weighted by Crippen LogP contribution is -2.06. The molecule has 0 unspecified atom stereocenters. The lowest BCUT2D eigenvalue weighted by molar-refractivity contribution is 0.785. The number of pyridine rings is 1. The van der Waals surface area contributed by atoms with E-state index in [0.717, 1.165) is 35.5 Å². The van der Waals surface area contributed by atoms with E-state index in [2.05, 4.69) is 28.6 Å². The van der Waals surface area contributed by atoms with Crippen LogP contribution in [0.15, 0.2) is 42.6 Å². The van der Waals surface area contributed by atoms with Crippen LogP contribution in [-0.4, -0.2) is 21.1 Å². The van der Waals surface area contributed by atoms with Gasteiger partial charge in [0.2, 0.25) is 0 Å². The maximum Gasteiger partial charge on any atom is 0.160 e. The third kappa shape index (κ3) is 2.08. The smallest absolute Gasteiger partial charge is 0.160 e. The Hall–Kier alpha value is -2.20. The van der Waals surface area contributed by atoms with Crippen molar-refractivity contribution in [1.82, 2.24) is 14.5 Å². The Bertz CT molecular complexity index is 730. The summed E-state index contributed by atoms with van der Waals surface area (Å²) in [4.78, 5) is 9.21. The van der Waals surface area contributed by atoms with Crippen LogP contribution in [0.25, 0.3) is 22.6 Å². The number of nitrogens with zero attached hydrogens (tertiary/aromatic N) is 3. The van der Waals surface area contributed by atoms with Gasteiger partial charge in [0.25, 0.3) is 0 Å². The number of rotatable bonds is 4. The molecule has 3 rings (SSSR count). The van der Waals surface area contributed by atoms with Crippen LogP contribution in [-0.2, 0) is 13.0 Å². The van der Waals surface area contributed by atoms with Crippen molar-refractivity contribution in [1.29, 1.82) is 0 Å². The molecule has 20 heavy (non-hydrogen) atoms. The van der Waals surface area contributed by atoms with Crippen LogP contribution in [0.5, 0.6) is 0 Å². The molecule has 0 radical (unpaired) electrons. The van der Waals surface area contributed by atoms with Crippen LogP contribution in [0.2, 0.25) is 0 Å². The number of hydrogen-bond acceptors (Lipinski definition) is 3. The molecule has 2 N–H and O–H groups in total. The predicted molar refractivity (Wildman–Crippen MR) is 81.4 cm³/mol. The second-order valence-corrected chi connectivity index (χ2v) is 4.72. The molecule has 4 nitrogen and oxygen atoms in total. The number of imidazole rings is 1. The fourth-order valence-corrected chi connectivity index (χ4v) is 2.58. The highest BCUT2D eigenvalue weighted by Crippen LogP contribution is 2.26. The molecule has 2 aromatic heterocycles. The van der Waals surface area contributed by atoms with Gasteiger partial charge in [-0.05, 0) is 37.6 Å². The standard InChI is InChI=1S/C16H18N4/c1-2-20-15(19-14-8-5-11-18-16(14)20)13-7-4-3-6-12(13)9-10-17/h3-8,11H,2,9-10,17H2,1H3. The van der Waals surface area contributed by atoms with Gasteiger partial charge in [0.15, 0.2) is 5.65 Å². The van der Waals surface area contributed by atoms with Crippen LogP contribution in [0.4, 0.5) is 0 Å². The molecule has 3 aromatic rings. The van der Waals surface area contributed by atoms with Crippen LogP contribution >= 0.6 is 0 Å². The van der Waals surface area contributed by atoms with Crippen LogP contribution in [0.3, 0.4) is 0 Å². The van der Waals surface area contributed by atoms with Gasteiger partial charge in [-0.25, -0.2) is 9.97 Å². The average molecular weight is 266 g/mol. The van der Waals surface area contributed by atoms with E-state index in [0.29, 0.717) is 6.54 Å². The van der Waals surface area contributed by atoms with E-state index >= 15 is 0 Å². The van der Waals surface area contributed by atoms with Gasteiger partial charge >= 0.3 is 0 Å². The van der Waals surface area contributed by atoms with Gasteiger partial charge < -0.3 is 10.3 Å². The van der Waals surface area contributed by atoms with E-state index in [9.17, 15) is 0 Å². The largest absolute Gasteiger partial charge is 0.330 e. The SMILES string of the molecule is CCn1c(-c2ccccc2CCN)nc2cccnc21. The molecule has 0 bridgehead atoms. The van der Waals surface area contributed by atoms with Gasteiger partial charge in [0.1, 0.15) is 11.3 Å². The zero-order chi connectivity index (χ0) is 13.9. The van der Waals surface area contributed by atoms with E-state index in [1.807, 2.05) is 30.5 Å². The van der Waals surface area contributed by atoms with Crippen LogP contribution in [0.1, 0.15) is 12.5 Å². The van der Waals surface area contributed by atoms with Crippen molar-refractivity contribution in [3.05, 3.63) is 48.2 Å². The number of hydrogen-bond donors (Lipinski definition) is 1. The molecule has 1 aromatic carbocycles. The van der Waals surface area contributed by atoms with E-state index in [1.54, 1.807) is 0 Å². The van der Waals surface area contributed by atoms with E-state index in [4.69, 9.17) is 10.7 Å². The highest BCUT2D eigenvalue weighted by molar-refractivity contribution is 5.77. The van der Waals surface area contributed by atoms with Gasteiger partial charge in [-0.3, -0.25) is 0 Å². The molecular weight excluding hydrogens is 248 g/mol. The lowest BCUT2D eigenvalue weighted by Gasteiger charge is -2.10. The van der Waals surface area contributed by atoms with Crippen molar-refractivity contribution in [3.8, 4) is 11.4 Å². The number of nitrogens with two attached hydrogens (primary N) is 1. The lowest BCUT2D eigenvalue weighted by atomic mass is 10.0. The minimum Gasteiger partial charge on any atom is -0.330 e. The van der Waals surface area contributed by atoms with E-state index in [-0.39, 0.29) is 0 Å². The first-order valence-electron chi connectivity index (χ1n) is 6.94. The summed E-state index contributed by atoms with van der Waals surface area (Å²) < 4.78 is 2.16. The van der Waals surface area contributed by atoms with Crippen LogP contribution < -0.4 is 5.73 Å². The molecule has 0 amide bonds. The van der Waals surface area contributed by atoms with Gasteiger partial charge in [0.05, 0.1) is 0 Å². The Morgan fingerprint density at radius 3 is 2.80 bits per heavy atom. The third-order valence-electron chi connectivity index (χ3n) is 3.49. The zero-order valence-electron chi connectivity index (χ0n) is 11.6. The normalized spacial score (nSPS) is 11.1. The molecular formula is C16H18N4. The number of aromatic nitrogens is 3. The summed E-state index contributed by atoms with van der Waals surface area (Å²) in [6.45, 7) is 3.60. The molecule has 0 fully saturated rings. The Morgan fingerprint density at radius 1 is 1.15 bits per heavy atom. The maximum atomic E-state index is 5.71. The quantitative estimate of drug-likeness (QED) is 0.789. The zero-order valence-corrected chi connectivity index (χ0v) is 11.6. The topological polar surface area (TPSA) is 56.7 Å². The fourth-order valence-electron chi connectivity index (χ4n) is 2.58.